The number of hydrogen-bond donors (Lipinski definition) is 1. The summed E-state index contributed by atoms with van der Waals surface area (Å²) in [6.45, 7) is 0. The van der Waals surface area contributed by atoms with Gasteiger partial charge in [0, 0.05) is 11.4 Å². The summed E-state index contributed by atoms with van der Waals surface area (Å²) in [5.41, 5.74) is 6.57. The fourth-order valence-electron chi connectivity index (χ4n) is 1.01. The monoisotopic (exact) mass is 198 g/mol. The zero-order valence-electron chi connectivity index (χ0n) is 7.33. The maximum absolute atomic E-state index is 5.79. The second kappa shape index (κ2) is 4.72. The third-order valence-corrected chi connectivity index (χ3v) is 1.72. The van der Waals surface area contributed by atoms with E-state index in [0.717, 1.165) is 5.56 Å². The summed E-state index contributed by atoms with van der Waals surface area (Å²) in [4.78, 5) is 4.54. The van der Waals surface area contributed by atoms with Crippen molar-refractivity contribution in [1.29, 1.82) is 0 Å². The molecule has 0 heterocycles. The van der Waals surface area contributed by atoms with Gasteiger partial charge in [-0.15, -0.1) is 0 Å². The summed E-state index contributed by atoms with van der Waals surface area (Å²) < 4.78 is 0. The van der Waals surface area contributed by atoms with Crippen LogP contribution in [0, 0.1) is 0 Å². The third kappa shape index (κ3) is 3.34. The molecule has 0 aliphatic rings. The molecule has 0 atom stereocenters. The number of amidine groups is 1. The molecule has 0 fully saturated rings. The van der Waals surface area contributed by atoms with E-state index in [2.05, 4.69) is 9.99 Å². The molecule has 1 rings (SSSR count). The van der Waals surface area contributed by atoms with Gasteiger partial charge in [-0.05, 0) is 17.7 Å². The fourth-order valence-corrected chi connectivity index (χ4v) is 1.22. The van der Waals surface area contributed by atoms with Crippen LogP contribution in [0.1, 0.15) is 5.56 Å². The highest BCUT2D eigenvalue weighted by Crippen LogP contribution is 2.10. The van der Waals surface area contributed by atoms with E-state index in [9.17, 15) is 0 Å². The van der Waals surface area contributed by atoms with Gasteiger partial charge in [0.2, 0.25) is 0 Å². The molecule has 0 aliphatic heterocycles. The Kier molecular flexibility index (Phi) is 3.58. The van der Waals surface area contributed by atoms with Crippen molar-refractivity contribution in [1.82, 2.24) is 0 Å². The zero-order chi connectivity index (χ0) is 9.68. The number of nitrogens with zero attached hydrogens (tertiary/aromatic N) is 1. The van der Waals surface area contributed by atoms with E-state index in [1.54, 1.807) is 0 Å². The highest BCUT2D eigenvalue weighted by atomic mass is 35.5. The quantitative estimate of drug-likeness (QED) is 0.458. The maximum atomic E-state index is 5.79. The van der Waals surface area contributed by atoms with Crippen LogP contribution in [0.5, 0.6) is 0 Å². The standard InChI is InChI=1S/C9H11ClN2O/c1-13-12-9(11)6-7-3-2-4-8(10)5-7/h2-5H,6H2,1H3,(H2,11,12). The van der Waals surface area contributed by atoms with Gasteiger partial charge in [-0.25, -0.2) is 0 Å². The first kappa shape index (κ1) is 9.86. The lowest BCUT2D eigenvalue weighted by atomic mass is 10.1. The molecular weight excluding hydrogens is 188 g/mol. The summed E-state index contributed by atoms with van der Waals surface area (Å²) >= 11 is 5.79. The van der Waals surface area contributed by atoms with Gasteiger partial charge < -0.3 is 10.6 Å². The molecule has 1 aromatic carbocycles. The van der Waals surface area contributed by atoms with E-state index in [1.807, 2.05) is 24.3 Å². The van der Waals surface area contributed by atoms with E-state index in [1.165, 1.54) is 7.11 Å². The smallest absolute Gasteiger partial charge is 0.143 e. The summed E-state index contributed by atoms with van der Waals surface area (Å²) in [6.07, 6.45) is 0.550. The first-order valence-electron chi connectivity index (χ1n) is 3.82. The van der Waals surface area contributed by atoms with Crippen LogP contribution in [0.4, 0.5) is 0 Å². The van der Waals surface area contributed by atoms with Crippen LogP contribution in [0.2, 0.25) is 5.02 Å². The SMILES string of the molecule is CO/N=C(/N)Cc1cccc(Cl)c1. The van der Waals surface area contributed by atoms with Crippen molar-refractivity contribution in [2.75, 3.05) is 7.11 Å². The number of rotatable bonds is 3. The van der Waals surface area contributed by atoms with Gasteiger partial charge in [0.1, 0.15) is 12.9 Å². The molecule has 0 saturated carbocycles. The van der Waals surface area contributed by atoms with Crippen molar-refractivity contribution in [3.8, 4) is 0 Å². The Labute approximate surface area is 82.1 Å². The number of hydrogen-bond acceptors (Lipinski definition) is 2. The summed E-state index contributed by atoms with van der Waals surface area (Å²) in [7, 11) is 1.46. The van der Waals surface area contributed by atoms with Crippen molar-refractivity contribution in [2.45, 2.75) is 6.42 Å². The molecule has 3 nitrogen and oxygen atoms in total. The van der Waals surface area contributed by atoms with Crippen molar-refractivity contribution >= 4 is 17.4 Å². The van der Waals surface area contributed by atoms with Gasteiger partial charge in [0.25, 0.3) is 0 Å². The largest absolute Gasteiger partial charge is 0.398 e. The molecule has 0 radical (unpaired) electrons. The lowest BCUT2D eigenvalue weighted by Gasteiger charge is -2.00. The van der Waals surface area contributed by atoms with E-state index in [4.69, 9.17) is 17.3 Å². The summed E-state index contributed by atoms with van der Waals surface area (Å²) in [5, 5.41) is 4.30. The summed E-state index contributed by atoms with van der Waals surface area (Å²) in [5.74, 6) is 0.435. The Morgan fingerprint density at radius 1 is 1.62 bits per heavy atom. The van der Waals surface area contributed by atoms with Crippen LogP contribution >= 0.6 is 11.6 Å². The van der Waals surface area contributed by atoms with E-state index in [0.29, 0.717) is 17.3 Å². The van der Waals surface area contributed by atoms with Crippen LogP contribution in [-0.2, 0) is 11.3 Å². The molecule has 0 amide bonds. The van der Waals surface area contributed by atoms with E-state index in [-0.39, 0.29) is 0 Å². The number of oxime groups is 1. The Morgan fingerprint density at radius 2 is 2.38 bits per heavy atom. The minimum atomic E-state index is 0.435. The minimum Gasteiger partial charge on any atom is -0.398 e. The van der Waals surface area contributed by atoms with Gasteiger partial charge in [-0.1, -0.05) is 28.9 Å². The van der Waals surface area contributed by atoms with Crippen LogP contribution in [0.25, 0.3) is 0 Å². The normalized spacial score (nSPS) is 11.4. The average Bonchev–Trinajstić information content (AvgIpc) is 2.04. The summed E-state index contributed by atoms with van der Waals surface area (Å²) in [6, 6.07) is 7.47. The number of nitrogens with two attached hydrogens (primary N) is 1. The lowest BCUT2D eigenvalue weighted by Crippen LogP contribution is -2.15. The fraction of sp³-hybridized carbons (Fsp3) is 0.222. The molecule has 0 saturated heterocycles. The Balaban J connectivity index is 2.69. The second-order valence-corrected chi connectivity index (χ2v) is 3.01. The predicted molar refractivity (Wildman–Crippen MR) is 53.8 cm³/mol. The van der Waals surface area contributed by atoms with E-state index < -0.39 is 0 Å². The Bertz CT molecular complexity index is 312. The van der Waals surface area contributed by atoms with Gasteiger partial charge in [0.05, 0.1) is 0 Å². The van der Waals surface area contributed by atoms with Crippen LogP contribution in [0.3, 0.4) is 0 Å². The molecule has 2 N–H and O–H groups in total. The van der Waals surface area contributed by atoms with Crippen molar-refractivity contribution in [3.63, 3.8) is 0 Å². The molecule has 0 spiro atoms. The van der Waals surface area contributed by atoms with Crippen LogP contribution in [-0.4, -0.2) is 12.9 Å². The molecular formula is C9H11ClN2O. The predicted octanol–water partition coefficient (Wildman–Crippen LogP) is 1.80. The molecule has 0 unspecified atom stereocenters. The highest BCUT2D eigenvalue weighted by molar-refractivity contribution is 6.30. The third-order valence-electron chi connectivity index (χ3n) is 1.48. The van der Waals surface area contributed by atoms with Crippen molar-refractivity contribution in [3.05, 3.63) is 34.9 Å². The Hall–Kier alpha value is -1.22. The second-order valence-electron chi connectivity index (χ2n) is 2.57. The molecule has 13 heavy (non-hydrogen) atoms. The van der Waals surface area contributed by atoms with E-state index >= 15 is 0 Å². The molecule has 0 aliphatic carbocycles. The van der Waals surface area contributed by atoms with Gasteiger partial charge >= 0.3 is 0 Å². The topological polar surface area (TPSA) is 47.6 Å². The number of benzene rings is 1. The minimum absolute atomic E-state index is 0.435. The lowest BCUT2D eigenvalue weighted by molar-refractivity contribution is 0.212. The zero-order valence-corrected chi connectivity index (χ0v) is 8.08. The first-order valence-corrected chi connectivity index (χ1v) is 4.20. The molecule has 4 heteroatoms. The maximum Gasteiger partial charge on any atom is 0.143 e. The molecule has 1 aromatic rings. The Morgan fingerprint density at radius 3 is 3.00 bits per heavy atom. The molecule has 70 valence electrons. The van der Waals surface area contributed by atoms with Crippen molar-refractivity contribution in [2.24, 2.45) is 10.9 Å². The molecule has 0 bridgehead atoms. The van der Waals surface area contributed by atoms with Gasteiger partial charge in [0.15, 0.2) is 0 Å². The van der Waals surface area contributed by atoms with Crippen LogP contribution in [0.15, 0.2) is 29.4 Å². The molecule has 0 aromatic heterocycles. The first-order chi connectivity index (χ1) is 6.22. The highest BCUT2D eigenvalue weighted by Gasteiger charge is 1.97. The van der Waals surface area contributed by atoms with Gasteiger partial charge in [-0.2, -0.15) is 0 Å². The number of halogens is 1. The van der Waals surface area contributed by atoms with Crippen molar-refractivity contribution < 1.29 is 4.84 Å². The van der Waals surface area contributed by atoms with Gasteiger partial charge in [-0.3, -0.25) is 0 Å². The van der Waals surface area contributed by atoms with Crippen LogP contribution < -0.4 is 5.73 Å². The average molecular weight is 199 g/mol.